The van der Waals surface area contributed by atoms with Crippen molar-refractivity contribution >= 4 is 9.84 Å². The topological polar surface area (TPSA) is 69.2 Å². The number of alkyl halides is 3. The Morgan fingerprint density at radius 2 is 1.52 bits per heavy atom. The van der Waals surface area contributed by atoms with E-state index in [1.165, 1.54) is 24.3 Å². The van der Waals surface area contributed by atoms with Gasteiger partial charge in [-0.1, -0.05) is 54.1 Å². The van der Waals surface area contributed by atoms with Crippen LogP contribution in [0.25, 0.3) is 11.4 Å². The normalized spacial score (nSPS) is 11.9. The molecule has 168 valence electrons. The molecule has 9 heteroatoms. The van der Waals surface area contributed by atoms with Crippen LogP contribution in [0.5, 0.6) is 11.6 Å². The van der Waals surface area contributed by atoms with Crippen LogP contribution in [0.15, 0.2) is 94.9 Å². The predicted octanol–water partition coefficient (Wildman–Crippen LogP) is 6.10. The lowest BCUT2D eigenvalue weighted by molar-refractivity contribution is -0.137. The van der Waals surface area contributed by atoms with Gasteiger partial charge in [0.05, 0.1) is 10.5 Å². The van der Waals surface area contributed by atoms with Crippen molar-refractivity contribution < 1.29 is 26.3 Å². The molecular formula is C24H17F3N2O3S. The standard InChI is InChI=1S/C24H17F3N2O3S/c1-16-10-12-20(13-11-16)33(30,31)22-15-21(28-23(29-22)17-6-3-2-4-7-17)32-19-9-5-8-18(14-19)24(25,26)27/h2-15H,1H3. The van der Waals surface area contributed by atoms with E-state index in [4.69, 9.17) is 4.74 Å². The third kappa shape index (κ3) is 5.04. The van der Waals surface area contributed by atoms with E-state index >= 15 is 0 Å². The van der Waals surface area contributed by atoms with E-state index in [-0.39, 0.29) is 27.4 Å². The smallest absolute Gasteiger partial charge is 0.416 e. The summed E-state index contributed by atoms with van der Waals surface area (Å²) in [4.78, 5) is 8.47. The Balaban J connectivity index is 1.82. The molecule has 1 aromatic heterocycles. The highest BCUT2D eigenvalue weighted by Crippen LogP contribution is 2.33. The first-order valence-corrected chi connectivity index (χ1v) is 11.2. The maximum atomic E-state index is 13.2. The van der Waals surface area contributed by atoms with E-state index in [1.54, 1.807) is 42.5 Å². The Morgan fingerprint density at radius 3 is 2.18 bits per heavy atom. The van der Waals surface area contributed by atoms with E-state index in [0.717, 1.165) is 23.8 Å². The molecule has 0 radical (unpaired) electrons. The Morgan fingerprint density at radius 1 is 0.818 bits per heavy atom. The van der Waals surface area contributed by atoms with Gasteiger partial charge in [0.25, 0.3) is 0 Å². The molecule has 5 nitrogen and oxygen atoms in total. The van der Waals surface area contributed by atoms with Crippen LogP contribution in [0.3, 0.4) is 0 Å². The van der Waals surface area contributed by atoms with Crippen molar-refractivity contribution in [3.8, 4) is 23.0 Å². The van der Waals surface area contributed by atoms with Crippen molar-refractivity contribution in [2.24, 2.45) is 0 Å². The second-order valence-corrected chi connectivity index (χ2v) is 9.07. The Hall–Kier alpha value is -3.72. The van der Waals surface area contributed by atoms with Gasteiger partial charge in [0.2, 0.25) is 15.7 Å². The van der Waals surface area contributed by atoms with Crippen molar-refractivity contribution in [1.82, 2.24) is 9.97 Å². The third-order valence-corrected chi connectivity index (χ3v) is 6.35. The van der Waals surface area contributed by atoms with E-state index in [1.807, 2.05) is 6.92 Å². The summed E-state index contributed by atoms with van der Waals surface area (Å²) in [6.07, 6.45) is -4.56. The highest BCUT2D eigenvalue weighted by Gasteiger charge is 2.31. The number of sulfone groups is 1. The van der Waals surface area contributed by atoms with Gasteiger partial charge >= 0.3 is 6.18 Å². The van der Waals surface area contributed by atoms with Gasteiger partial charge in [-0.15, -0.1) is 0 Å². The fraction of sp³-hybridized carbons (Fsp3) is 0.0833. The fourth-order valence-corrected chi connectivity index (χ4v) is 4.20. The molecule has 3 aromatic carbocycles. The van der Waals surface area contributed by atoms with Gasteiger partial charge in [-0.05, 0) is 37.3 Å². The lowest BCUT2D eigenvalue weighted by Gasteiger charge is -2.12. The number of hydrogen-bond donors (Lipinski definition) is 0. The van der Waals surface area contributed by atoms with Crippen molar-refractivity contribution in [1.29, 1.82) is 0 Å². The molecule has 0 amide bonds. The first-order valence-electron chi connectivity index (χ1n) is 9.74. The largest absolute Gasteiger partial charge is 0.439 e. The summed E-state index contributed by atoms with van der Waals surface area (Å²) < 4.78 is 71.2. The number of nitrogens with zero attached hydrogens (tertiary/aromatic N) is 2. The zero-order chi connectivity index (χ0) is 23.6. The second kappa shape index (κ2) is 8.67. The number of hydrogen-bond acceptors (Lipinski definition) is 5. The molecule has 0 spiro atoms. The van der Waals surface area contributed by atoms with Gasteiger partial charge in [0.15, 0.2) is 10.9 Å². The van der Waals surface area contributed by atoms with Gasteiger partial charge in [-0.25, -0.2) is 13.4 Å². The number of benzene rings is 3. The number of halogens is 3. The highest BCUT2D eigenvalue weighted by molar-refractivity contribution is 7.91. The van der Waals surface area contributed by atoms with Crippen LogP contribution in [0, 0.1) is 6.92 Å². The van der Waals surface area contributed by atoms with E-state index < -0.39 is 21.6 Å². The lowest BCUT2D eigenvalue weighted by Crippen LogP contribution is -2.08. The maximum Gasteiger partial charge on any atom is 0.416 e. The summed E-state index contributed by atoms with van der Waals surface area (Å²) in [5, 5.41) is -0.331. The van der Waals surface area contributed by atoms with Gasteiger partial charge in [0, 0.05) is 11.6 Å². The van der Waals surface area contributed by atoms with Crippen molar-refractivity contribution in [2.75, 3.05) is 0 Å². The summed E-state index contributed by atoms with van der Waals surface area (Å²) >= 11 is 0. The molecular weight excluding hydrogens is 453 g/mol. The highest BCUT2D eigenvalue weighted by atomic mass is 32.2. The fourth-order valence-electron chi connectivity index (χ4n) is 3.01. The quantitative estimate of drug-likeness (QED) is 0.330. The Labute approximate surface area is 188 Å². The molecule has 0 fully saturated rings. The molecule has 0 aliphatic rings. The number of ether oxygens (including phenoxy) is 1. The Bertz CT molecular complexity index is 1390. The van der Waals surface area contributed by atoms with Crippen LogP contribution in [-0.4, -0.2) is 18.4 Å². The summed E-state index contributed by atoms with van der Waals surface area (Å²) in [5.74, 6) is -0.277. The minimum absolute atomic E-state index is 0.0239. The predicted molar refractivity (Wildman–Crippen MR) is 116 cm³/mol. The van der Waals surface area contributed by atoms with Crippen molar-refractivity contribution in [2.45, 2.75) is 23.0 Å². The molecule has 0 bridgehead atoms. The first-order chi connectivity index (χ1) is 15.6. The van der Waals surface area contributed by atoms with Crippen molar-refractivity contribution in [3.63, 3.8) is 0 Å². The van der Waals surface area contributed by atoms with Crippen LogP contribution >= 0.6 is 0 Å². The minimum atomic E-state index is -4.56. The molecule has 4 aromatic rings. The molecule has 0 aliphatic carbocycles. The van der Waals surface area contributed by atoms with E-state index in [9.17, 15) is 21.6 Å². The number of rotatable bonds is 5. The molecule has 0 unspecified atom stereocenters. The first kappa shape index (κ1) is 22.5. The molecule has 4 rings (SSSR count). The van der Waals surface area contributed by atoms with Crippen LogP contribution in [0.2, 0.25) is 0 Å². The van der Waals surface area contributed by atoms with Gasteiger partial charge in [-0.2, -0.15) is 18.2 Å². The number of aryl methyl sites for hydroxylation is 1. The molecule has 1 heterocycles. The second-order valence-electron chi connectivity index (χ2n) is 7.18. The monoisotopic (exact) mass is 470 g/mol. The third-order valence-electron chi connectivity index (χ3n) is 4.70. The molecule has 0 aliphatic heterocycles. The van der Waals surface area contributed by atoms with Gasteiger partial charge < -0.3 is 4.74 Å². The molecule has 33 heavy (non-hydrogen) atoms. The summed E-state index contributed by atoms with van der Waals surface area (Å²) in [6.45, 7) is 1.83. The zero-order valence-electron chi connectivity index (χ0n) is 17.2. The lowest BCUT2D eigenvalue weighted by atomic mass is 10.2. The van der Waals surface area contributed by atoms with Crippen molar-refractivity contribution in [3.05, 3.63) is 96.1 Å². The van der Waals surface area contributed by atoms with Crippen LogP contribution < -0.4 is 4.74 Å². The van der Waals surface area contributed by atoms with Crippen LogP contribution in [-0.2, 0) is 16.0 Å². The summed E-state index contributed by atoms with van der Waals surface area (Å²) in [5.41, 5.74) is 0.507. The van der Waals surface area contributed by atoms with Gasteiger partial charge in [-0.3, -0.25) is 0 Å². The average molecular weight is 470 g/mol. The Kier molecular flexibility index (Phi) is 5.90. The summed E-state index contributed by atoms with van der Waals surface area (Å²) in [6, 6.07) is 20.2. The zero-order valence-corrected chi connectivity index (χ0v) is 18.1. The average Bonchev–Trinajstić information content (AvgIpc) is 2.79. The number of aromatic nitrogens is 2. The maximum absolute atomic E-state index is 13.2. The SMILES string of the molecule is Cc1ccc(S(=O)(=O)c2cc(Oc3cccc(C(F)(F)F)c3)nc(-c3ccccc3)n2)cc1. The van der Waals surface area contributed by atoms with Gasteiger partial charge in [0.1, 0.15) is 5.75 Å². The van der Waals surface area contributed by atoms with Crippen LogP contribution in [0.1, 0.15) is 11.1 Å². The van der Waals surface area contributed by atoms with E-state index in [0.29, 0.717) is 5.56 Å². The molecule has 0 N–H and O–H groups in total. The minimum Gasteiger partial charge on any atom is -0.439 e. The molecule has 0 saturated heterocycles. The molecule has 0 saturated carbocycles. The summed E-state index contributed by atoms with van der Waals surface area (Å²) in [7, 11) is -4.04. The van der Waals surface area contributed by atoms with Crippen LogP contribution in [0.4, 0.5) is 13.2 Å². The molecule has 0 atom stereocenters. The van der Waals surface area contributed by atoms with E-state index in [2.05, 4.69) is 9.97 Å².